The molecule has 0 saturated heterocycles. The number of carbonyl (C=O) groups excluding carboxylic acids is 1. The van der Waals surface area contributed by atoms with Gasteiger partial charge in [-0.25, -0.2) is 14.3 Å². The molecule has 4 rings (SSSR count). The Morgan fingerprint density at radius 2 is 1.63 bits per heavy atom. The van der Waals surface area contributed by atoms with Gasteiger partial charge in [0.25, 0.3) is 0 Å². The zero-order valence-electron chi connectivity index (χ0n) is 15.6. The lowest BCUT2D eigenvalue weighted by Gasteiger charge is -2.16. The molecule has 0 radical (unpaired) electrons. The lowest BCUT2D eigenvalue weighted by atomic mass is 10.2. The van der Waals surface area contributed by atoms with Crippen molar-refractivity contribution in [3.63, 3.8) is 0 Å². The molecule has 2 heterocycles. The highest BCUT2D eigenvalue weighted by Crippen LogP contribution is 2.26. The zero-order chi connectivity index (χ0) is 21.5. The molecule has 2 aromatic carbocycles. The van der Waals surface area contributed by atoms with E-state index in [1.807, 2.05) is 0 Å². The smallest absolute Gasteiger partial charge is 0.497 e. The zero-order valence-corrected chi connectivity index (χ0v) is 15.6. The number of carbonyl (C=O) groups is 1. The minimum absolute atomic E-state index is 0.0413. The molecule has 3 aromatic rings. The number of benzene rings is 2. The van der Waals surface area contributed by atoms with Crippen molar-refractivity contribution in [2.24, 2.45) is 0 Å². The highest BCUT2D eigenvalue weighted by Gasteiger charge is 2.33. The minimum atomic E-state index is -4.79. The summed E-state index contributed by atoms with van der Waals surface area (Å²) in [5, 5.41) is 0. The molecule has 0 unspecified atom stereocenters. The van der Waals surface area contributed by atoms with Gasteiger partial charge in [0.15, 0.2) is 5.82 Å². The second-order valence-electron chi connectivity index (χ2n) is 6.44. The van der Waals surface area contributed by atoms with E-state index in [1.54, 1.807) is 24.3 Å². The molecule has 0 spiro atoms. The predicted molar refractivity (Wildman–Crippen MR) is 98.7 cm³/mol. The lowest BCUT2D eigenvalue weighted by molar-refractivity contribution is -0.274. The number of nitrogens with zero attached hydrogens (tertiary/aromatic N) is 4. The summed E-state index contributed by atoms with van der Waals surface area (Å²) >= 11 is 0. The molecule has 156 valence electrons. The number of alkyl halides is 3. The maximum absolute atomic E-state index is 12.9. The Morgan fingerprint density at radius 1 is 1.00 bits per heavy atom. The van der Waals surface area contributed by atoms with Gasteiger partial charge in [0.05, 0.1) is 20.2 Å². The van der Waals surface area contributed by atoms with Gasteiger partial charge in [-0.1, -0.05) is 12.1 Å². The van der Waals surface area contributed by atoms with Crippen molar-refractivity contribution in [2.75, 3.05) is 12.0 Å². The van der Waals surface area contributed by atoms with Gasteiger partial charge in [-0.2, -0.15) is 9.67 Å². The van der Waals surface area contributed by atoms with Gasteiger partial charge in [0.1, 0.15) is 11.5 Å². The Balaban J connectivity index is 1.57. The molecule has 1 amide bonds. The molecule has 1 aliphatic rings. The van der Waals surface area contributed by atoms with Crippen LogP contribution in [-0.4, -0.2) is 33.9 Å². The monoisotopic (exact) mass is 420 g/mol. The standard InChI is InChI=1S/C19H15F3N4O4/c1-29-14-8-4-13(5-9-14)24-11-16-23-17(27)25(26(16)18(24)28)10-12-2-6-15(7-3-12)30-19(20,21)22/h2-9H,10-11H2,1H3. The quantitative estimate of drug-likeness (QED) is 0.634. The van der Waals surface area contributed by atoms with Gasteiger partial charge in [0.2, 0.25) is 0 Å². The number of methoxy groups -OCH3 is 1. The number of fused-ring (bicyclic) bond motifs is 1. The van der Waals surface area contributed by atoms with Gasteiger partial charge in [-0.15, -0.1) is 13.2 Å². The van der Waals surface area contributed by atoms with Crippen LogP contribution in [0.25, 0.3) is 0 Å². The van der Waals surface area contributed by atoms with E-state index in [2.05, 4.69) is 9.72 Å². The van der Waals surface area contributed by atoms with Crippen LogP contribution in [0.2, 0.25) is 0 Å². The normalized spacial score (nSPS) is 13.5. The maximum atomic E-state index is 12.9. The van der Waals surface area contributed by atoms with Crippen molar-refractivity contribution in [1.29, 1.82) is 0 Å². The Kier molecular flexibility index (Phi) is 4.72. The second-order valence-corrected chi connectivity index (χ2v) is 6.44. The maximum Gasteiger partial charge on any atom is 0.573 e. The Labute approximate surface area is 167 Å². The summed E-state index contributed by atoms with van der Waals surface area (Å²) in [6.45, 7) is 0.0755. The van der Waals surface area contributed by atoms with Crippen molar-refractivity contribution >= 4 is 11.7 Å². The topological polar surface area (TPSA) is 78.6 Å². The average Bonchev–Trinajstić information content (AvgIpc) is 3.18. The largest absolute Gasteiger partial charge is 0.573 e. The van der Waals surface area contributed by atoms with Crippen LogP contribution in [0.4, 0.5) is 23.7 Å². The van der Waals surface area contributed by atoms with Gasteiger partial charge in [0, 0.05) is 5.69 Å². The fourth-order valence-corrected chi connectivity index (χ4v) is 3.15. The predicted octanol–water partition coefficient (Wildman–Crippen LogP) is 2.99. The highest BCUT2D eigenvalue weighted by molar-refractivity contribution is 5.95. The highest BCUT2D eigenvalue weighted by atomic mass is 19.4. The first-order chi connectivity index (χ1) is 14.2. The number of amides is 1. The van der Waals surface area contributed by atoms with Crippen LogP contribution in [0, 0.1) is 0 Å². The van der Waals surface area contributed by atoms with Crippen molar-refractivity contribution in [3.8, 4) is 11.5 Å². The molecule has 0 saturated carbocycles. The van der Waals surface area contributed by atoms with E-state index < -0.39 is 18.1 Å². The summed E-state index contributed by atoms with van der Waals surface area (Å²) in [6.07, 6.45) is -4.79. The van der Waals surface area contributed by atoms with Crippen molar-refractivity contribution in [2.45, 2.75) is 19.5 Å². The van der Waals surface area contributed by atoms with E-state index in [0.717, 1.165) is 16.8 Å². The Bertz CT molecular complexity index is 1130. The number of aromatic nitrogens is 3. The van der Waals surface area contributed by atoms with Crippen LogP contribution in [0.5, 0.6) is 11.5 Å². The first-order valence-corrected chi connectivity index (χ1v) is 8.74. The second kappa shape index (κ2) is 7.25. The van der Waals surface area contributed by atoms with E-state index in [9.17, 15) is 22.8 Å². The molecule has 0 bridgehead atoms. The third-order valence-corrected chi connectivity index (χ3v) is 4.52. The average molecular weight is 420 g/mol. The fraction of sp³-hybridized carbons (Fsp3) is 0.211. The number of hydrogen-bond donors (Lipinski definition) is 0. The molecule has 0 fully saturated rings. The Hall–Kier alpha value is -3.76. The van der Waals surface area contributed by atoms with Crippen LogP contribution >= 0.6 is 0 Å². The van der Waals surface area contributed by atoms with Crippen molar-refractivity contribution in [3.05, 3.63) is 70.4 Å². The molecule has 30 heavy (non-hydrogen) atoms. The first kappa shape index (κ1) is 19.6. The number of anilines is 1. The molecule has 0 aliphatic carbocycles. The molecular weight excluding hydrogens is 405 g/mol. The van der Waals surface area contributed by atoms with E-state index in [4.69, 9.17) is 4.74 Å². The van der Waals surface area contributed by atoms with Gasteiger partial charge < -0.3 is 9.47 Å². The summed E-state index contributed by atoms with van der Waals surface area (Å²) in [7, 11) is 1.53. The number of hydrogen-bond acceptors (Lipinski definition) is 5. The molecular formula is C19H15F3N4O4. The lowest BCUT2D eigenvalue weighted by Crippen LogP contribution is -2.34. The summed E-state index contributed by atoms with van der Waals surface area (Å²) in [6, 6.07) is 11.4. The van der Waals surface area contributed by atoms with E-state index in [-0.39, 0.29) is 24.7 Å². The molecule has 1 aromatic heterocycles. The van der Waals surface area contributed by atoms with Crippen LogP contribution in [0.15, 0.2) is 53.3 Å². The van der Waals surface area contributed by atoms with E-state index >= 15 is 0 Å². The number of ether oxygens (including phenoxy) is 2. The summed E-state index contributed by atoms with van der Waals surface area (Å²) in [5.74, 6) is 0.537. The summed E-state index contributed by atoms with van der Waals surface area (Å²) < 4.78 is 48.1. The molecule has 8 nitrogen and oxygen atoms in total. The fourth-order valence-electron chi connectivity index (χ4n) is 3.15. The van der Waals surface area contributed by atoms with E-state index in [1.165, 1.54) is 28.8 Å². The SMILES string of the molecule is COc1ccc(N2Cc3nc(=O)n(Cc4ccc(OC(F)(F)F)cc4)n3C2=O)cc1. The first-order valence-electron chi connectivity index (χ1n) is 8.74. The molecule has 11 heteroatoms. The molecule has 0 N–H and O–H groups in total. The summed E-state index contributed by atoms with van der Waals surface area (Å²) in [4.78, 5) is 30.5. The third-order valence-electron chi connectivity index (χ3n) is 4.52. The molecule has 1 aliphatic heterocycles. The third kappa shape index (κ3) is 3.73. The number of rotatable bonds is 5. The van der Waals surface area contributed by atoms with Crippen LogP contribution < -0.4 is 20.1 Å². The summed E-state index contributed by atoms with van der Waals surface area (Å²) in [5.41, 5.74) is 0.493. The minimum Gasteiger partial charge on any atom is -0.497 e. The van der Waals surface area contributed by atoms with Crippen LogP contribution in [-0.2, 0) is 13.1 Å². The van der Waals surface area contributed by atoms with Gasteiger partial charge in [-0.3, -0.25) is 4.90 Å². The van der Waals surface area contributed by atoms with Crippen LogP contribution in [0.3, 0.4) is 0 Å². The number of halogens is 3. The van der Waals surface area contributed by atoms with Crippen molar-refractivity contribution < 1.29 is 27.4 Å². The van der Waals surface area contributed by atoms with Gasteiger partial charge in [-0.05, 0) is 42.0 Å². The molecule has 0 atom stereocenters. The van der Waals surface area contributed by atoms with Crippen LogP contribution in [0.1, 0.15) is 11.4 Å². The Morgan fingerprint density at radius 3 is 2.23 bits per heavy atom. The van der Waals surface area contributed by atoms with Gasteiger partial charge >= 0.3 is 18.1 Å². The van der Waals surface area contributed by atoms with Crippen molar-refractivity contribution in [1.82, 2.24) is 14.3 Å². The van der Waals surface area contributed by atoms with E-state index in [0.29, 0.717) is 17.0 Å².